The molecule has 1 rings (SSSR count). The number of hydrogen-bond acceptors (Lipinski definition) is 2. The molecule has 2 nitrogen and oxygen atoms in total. The number of hydrogen-bond donors (Lipinski definition) is 2. The highest BCUT2D eigenvalue weighted by atomic mass is 32.5. The highest BCUT2D eigenvalue weighted by Crippen LogP contribution is 3.02. The summed E-state index contributed by atoms with van der Waals surface area (Å²) in [6, 6.07) is 0.355. The Morgan fingerprint density at radius 1 is 0.933 bits per heavy atom. The van der Waals surface area contributed by atoms with Crippen LogP contribution in [0.25, 0.3) is 0 Å². The number of halogens is 6. The van der Waals surface area contributed by atoms with Gasteiger partial charge in [0.2, 0.25) is 0 Å². The fraction of sp³-hybridized carbons (Fsp3) is 0. The molecule has 0 spiro atoms. The standard InChI is InChI=1S/C6H6F6N2S/c7-5-3(13)1-2-4(6(5)14)15(8,9,10,11)12/h1-2H,13-14H2. The van der Waals surface area contributed by atoms with E-state index in [-0.39, 0.29) is 6.07 Å². The van der Waals surface area contributed by atoms with E-state index in [1.54, 1.807) is 0 Å². The molecule has 0 aliphatic rings. The van der Waals surface area contributed by atoms with Crippen molar-refractivity contribution in [1.82, 2.24) is 0 Å². The summed E-state index contributed by atoms with van der Waals surface area (Å²) in [4.78, 5) is -2.46. The van der Waals surface area contributed by atoms with Crippen molar-refractivity contribution in [2.45, 2.75) is 4.90 Å². The van der Waals surface area contributed by atoms with E-state index in [4.69, 9.17) is 5.73 Å². The Bertz CT molecular complexity index is 424. The van der Waals surface area contributed by atoms with E-state index in [9.17, 15) is 23.8 Å². The number of benzene rings is 1. The lowest BCUT2D eigenvalue weighted by Crippen LogP contribution is -2.11. The second kappa shape index (κ2) is 2.29. The van der Waals surface area contributed by atoms with Crippen molar-refractivity contribution < 1.29 is 23.8 Å². The van der Waals surface area contributed by atoms with Gasteiger partial charge in [-0.15, -0.1) is 0 Å². The highest BCUT2D eigenvalue weighted by Gasteiger charge is 2.66. The van der Waals surface area contributed by atoms with Crippen LogP contribution in [-0.4, -0.2) is 0 Å². The summed E-state index contributed by atoms with van der Waals surface area (Å²) in [5.74, 6) is -1.69. The number of nitrogen functional groups attached to an aromatic ring is 2. The molecule has 1 aromatic carbocycles. The normalized spacial score (nSPS) is 16.9. The first-order chi connectivity index (χ1) is 6.33. The minimum Gasteiger partial charge on any atom is -0.396 e. The van der Waals surface area contributed by atoms with Crippen molar-refractivity contribution in [1.29, 1.82) is 0 Å². The van der Waals surface area contributed by atoms with Crippen LogP contribution in [-0.2, 0) is 0 Å². The Morgan fingerprint density at radius 2 is 1.40 bits per heavy atom. The van der Waals surface area contributed by atoms with Gasteiger partial charge < -0.3 is 11.5 Å². The van der Waals surface area contributed by atoms with Gasteiger partial charge in [-0.25, -0.2) is 4.39 Å². The van der Waals surface area contributed by atoms with Crippen LogP contribution in [0.5, 0.6) is 0 Å². The third-order valence-electron chi connectivity index (χ3n) is 1.59. The smallest absolute Gasteiger partial charge is 0.312 e. The lowest BCUT2D eigenvalue weighted by molar-refractivity contribution is 0.364. The molecule has 88 valence electrons. The first-order valence-electron chi connectivity index (χ1n) is 3.40. The predicted molar refractivity (Wildman–Crippen MR) is 46.6 cm³/mol. The maximum absolute atomic E-state index is 12.8. The third-order valence-corrected chi connectivity index (χ3v) is 2.77. The van der Waals surface area contributed by atoms with Gasteiger partial charge in [0.1, 0.15) is 4.90 Å². The summed E-state index contributed by atoms with van der Waals surface area (Å²) in [7, 11) is -9.96. The molecule has 0 aromatic heterocycles. The Morgan fingerprint density at radius 3 is 1.80 bits per heavy atom. The Hall–Kier alpha value is -1.25. The molecular formula is C6H6F6N2S. The van der Waals surface area contributed by atoms with Crippen LogP contribution in [0.3, 0.4) is 0 Å². The van der Waals surface area contributed by atoms with Crippen molar-refractivity contribution in [3.05, 3.63) is 17.9 Å². The Kier molecular flexibility index (Phi) is 1.80. The quantitative estimate of drug-likeness (QED) is 0.592. The number of nitrogens with two attached hydrogens (primary N) is 2. The first kappa shape index (κ1) is 11.8. The lowest BCUT2D eigenvalue weighted by Gasteiger charge is -2.41. The zero-order valence-corrected chi connectivity index (χ0v) is 7.80. The zero-order valence-electron chi connectivity index (χ0n) is 6.99. The summed E-state index contributed by atoms with van der Waals surface area (Å²) in [5, 5.41) is 0. The van der Waals surface area contributed by atoms with Crippen LogP contribution < -0.4 is 11.5 Å². The fourth-order valence-electron chi connectivity index (χ4n) is 0.928. The predicted octanol–water partition coefficient (Wildman–Crippen LogP) is 3.65. The van der Waals surface area contributed by atoms with Crippen molar-refractivity contribution in [2.24, 2.45) is 0 Å². The van der Waals surface area contributed by atoms with E-state index in [0.717, 1.165) is 0 Å². The van der Waals surface area contributed by atoms with Crippen LogP contribution in [0.4, 0.5) is 35.2 Å². The fourth-order valence-corrected chi connectivity index (χ4v) is 1.76. The Labute approximate surface area is 80.6 Å². The summed E-state index contributed by atoms with van der Waals surface area (Å²) < 4.78 is 74.0. The van der Waals surface area contributed by atoms with Crippen LogP contribution in [0, 0.1) is 5.82 Å². The van der Waals surface area contributed by atoms with E-state index in [2.05, 4.69) is 5.73 Å². The zero-order chi connectivity index (χ0) is 12.1. The summed E-state index contributed by atoms with van der Waals surface area (Å²) in [6.45, 7) is 0. The second-order valence-corrected chi connectivity index (χ2v) is 5.23. The molecule has 0 atom stereocenters. The van der Waals surface area contributed by atoms with E-state index >= 15 is 0 Å². The van der Waals surface area contributed by atoms with Crippen molar-refractivity contribution in [3.8, 4) is 0 Å². The molecule has 0 saturated heterocycles. The Balaban J connectivity index is 3.64. The van der Waals surface area contributed by atoms with Crippen LogP contribution in [0.1, 0.15) is 0 Å². The van der Waals surface area contributed by atoms with E-state index in [0.29, 0.717) is 6.07 Å². The maximum atomic E-state index is 12.8. The molecule has 0 unspecified atom stereocenters. The molecule has 0 saturated carbocycles. The molecule has 4 N–H and O–H groups in total. The van der Waals surface area contributed by atoms with E-state index < -0.39 is 32.3 Å². The van der Waals surface area contributed by atoms with Crippen LogP contribution >= 0.6 is 10.2 Å². The monoisotopic (exact) mass is 252 g/mol. The average molecular weight is 252 g/mol. The second-order valence-electron chi connectivity index (χ2n) is 2.85. The van der Waals surface area contributed by atoms with Crippen molar-refractivity contribution in [3.63, 3.8) is 0 Å². The molecule has 0 radical (unpaired) electrons. The first-order valence-corrected chi connectivity index (χ1v) is 5.35. The van der Waals surface area contributed by atoms with Gasteiger partial charge in [-0.1, -0.05) is 19.4 Å². The van der Waals surface area contributed by atoms with Crippen molar-refractivity contribution in [2.75, 3.05) is 11.5 Å². The molecule has 0 fully saturated rings. The lowest BCUT2D eigenvalue weighted by atomic mass is 10.3. The molecule has 9 heteroatoms. The third kappa shape index (κ3) is 2.22. The average Bonchev–Trinajstić information content (AvgIpc) is 1.94. The van der Waals surface area contributed by atoms with Crippen molar-refractivity contribution >= 4 is 21.6 Å². The highest BCUT2D eigenvalue weighted by molar-refractivity contribution is 8.45. The van der Waals surface area contributed by atoms with Gasteiger partial charge in [0.15, 0.2) is 5.82 Å². The maximum Gasteiger partial charge on any atom is 0.312 e. The van der Waals surface area contributed by atoms with Gasteiger partial charge in [0, 0.05) is 0 Å². The minimum atomic E-state index is -9.96. The SMILES string of the molecule is Nc1ccc(S(F)(F)(F)(F)F)c(N)c1F. The molecule has 0 aliphatic carbocycles. The van der Waals surface area contributed by atoms with Gasteiger partial charge in [-0.05, 0) is 12.1 Å². The number of anilines is 2. The molecule has 0 amide bonds. The molecule has 1 aromatic rings. The van der Waals surface area contributed by atoms with Crippen LogP contribution in [0.2, 0.25) is 0 Å². The molecule has 15 heavy (non-hydrogen) atoms. The van der Waals surface area contributed by atoms with Gasteiger partial charge in [-0.2, -0.15) is 0 Å². The number of rotatable bonds is 1. The molecule has 0 heterocycles. The van der Waals surface area contributed by atoms with Crippen LogP contribution in [0.15, 0.2) is 17.0 Å². The minimum absolute atomic E-state index is 0.0324. The molecule has 0 bridgehead atoms. The molecular weight excluding hydrogens is 246 g/mol. The topological polar surface area (TPSA) is 52.0 Å². The largest absolute Gasteiger partial charge is 0.396 e. The summed E-state index contributed by atoms with van der Waals surface area (Å²) in [5.41, 5.74) is 7.07. The van der Waals surface area contributed by atoms with Gasteiger partial charge in [0.05, 0.1) is 11.4 Å². The van der Waals surface area contributed by atoms with Gasteiger partial charge in [-0.3, -0.25) is 0 Å². The van der Waals surface area contributed by atoms with E-state index in [1.807, 2.05) is 0 Å². The summed E-state index contributed by atoms with van der Waals surface area (Å²) in [6.07, 6.45) is 0. The van der Waals surface area contributed by atoms with E-state index in [1.165, 1.54) is 0 Å². The summed E-state index contributed by atoms with van der Waals surface area (Å²) >= 11 is 0. The van der Waals surface area contributed by atoms with Gasteiger partial charge >= 0.3 is 10.2 Å². The van der Waals surface area contributed by atoms with Gasteiger partial charge in [0.25, 0.3) is 0 Å². The molecule has 0 aliphatic heterocycles.